The lowest BCUT2D eigenvalue weighted by Gasteiger charge is -2.01. The number of pyridine rings is 1. The van der Waals surface area contributed by atoms with Gasteiger partial charge < -0.3 is 5.32 Å². The molecule has 0 spiro atoms. The van der Waals surface area contributed by atoms with E-state index in [1.165, 1.54) is 6.92 Å². The first-order valence-corrected chi connectivity index (χ1v) is 6.15. The Morgan fingerprint density at radius 2 is 1.80 bits per heavy atom. The molecule has 1 heterocycles. The van der Waals surface area contributed by atoms with Crippen LogP contribution in [0.25, 0.3) is 12.2 Å². The maximum Gasteiger partial charge on any atom is 0.221 e. The maximum atomic E-state index is 10.9. The molecule has 2 aromatic rings. The van der Waals surface area contributed by atoms with E-state index in [0.29, 0.717) is 0 Å². The molecule has 1 N–H and O–H groups in total. The summed E-state index contributed by atoms with van der Waals surface area (Å²) < 4.78 is 2.06. The Bertz CT molecular complexity index is 606. The molecule has 0 saturated carbocycles. The van der Waals surface area contributed by atoms with E-state index in [1.54, 1.807) is 0 Å². The Morgan fingerprint density at radius 3 is 2.40 bits per heavy atom. The summed E-state index contributed by atoms with van der Waals surface area (Å²) in [4.78, 5) is 10.9. The highest BCUT2D eigenvalue weighted by molar-refractivity contribution is 14.0. The molecule has 20 heavy (non-hydrogen) atoms. The summed E-state index contributed by atoms with van der Waals surface area (Å²) in [7, 11) is 2.01. The molecule has 4 heteroatoms. The summed E-state index contributed by atoms with van der Waals surface area (Å²) in [5.41, 5.74) is 3.04. The molecule has 104 valence electrons. The minimum Gasteiger partial charge on any atom is -0.326 e. The number of hydrogen-bond acceptors (Lipinski definition) is 1. The van der Waals surface area contributed by atoms with Gasteiger partial charge in [-0.3, -0.25) is 4.79 Å². The second kappa shape index (κ2) is 7.79. The van der Waals surface area contributed by atoms with Crippen molar-refractivity contribution in [2.24, 2.45) is 7.05 Å². The van der Waals surface area contributed by atoms with Crippen molar-refractivity contribution in [1.82, 2.24) is 0 Å². The summed E-state index contributed by atoms with van der Waals surface area (Å²) in [6.07, 6.45) is 6.12. The number of aryl methyl sites for hydroxylation is 1. The van der Waals surface area contributed by atoms with Crippen molar-refractivity contribution in [2.45, 2.75) is 6.92 Å². The number of carbonyl (C=O) groups excluding carboxylic acids is 1. The molecule has 2 rings (SSSR count). The first kappa shape index (κ1) is 16.4. The van der Waals surface area contributed by atoms with Crippen LogP contribution in [0.1, 0.15) is 18.2 Å². The lowest BCUT2D eigenvalue weighted by molar-refractivity contribution is -0.673. The monoisotopic (exact) mass is 381 g/mol. The van der Waals surface area contributed by atoms with E-state index in [2.05, 4.69) is 22.0 Å². The van der Waals surface area contributed by atoms with E-state index in [4.69, 9.17) is 0 Å². The molecule has 0 aliphatic rings. The molecule has 0 fully saturated rings. The fourth-order valence-corrected chi connectivity index (χ4v) is 1.77. The number of benzene rings is 1. The number of rotatable bonds is 3. The Labute approximate surface area is 136 Å². The van der Waals surface area contributed by atoms with E-state index in [-0.39, 0.29) is 29.9 Å². The quantitative estimate of drug-likeness (QED) is 0.643. The van der Waals surface area contributed by atoms with Gasteiger partial charge in [0, 0.05) is 30.8 Å². The molecule has 0 unspecified atom stereocenters. The van der Waals surface area contributed by atoms with Crippen molar-refractivity contribution in [1.29, 1.82) is 0 Å². The van der Waals surface area contributed by atoms with Crippen LogP contribution in [0.4, 0.5) is 5.69 Å². The fourth-order valence-electron chi connectivity index (χ4n) is 1.77. The Kier molecular flexibility index (Phi) is 6.38. The third-order valence-corrected chi connectivity index (χ3v) is 2.77. The highest BCUT2D eigenvalue weighted by Gasteiger charge is 1.99. The number of halogens is 1. The predicted molar refractivity (Wildman–Crippen MR) is 92.7 cm³/mol. The summed E-state index contributed by atoms with van der Waals surface area (Å²) in [6.45, 7) is 1.50. The molecule has 0 saturated heterocycles. The maximum absolute atomic E-state index is 10.9. The number of anilines is 1. The smallest absolute Gasteiger partial charge is 0.221 e. The van der Waals surface area contributed by atoms with E-state index in [0.717, 1.165) is 16.9 Å². The average molecular weight is 381 g/mol. The minimum absolute atomic E-state index is 0. The number of hydrogen-bond donors (Lipinski definition) is 1. The van der Waals surface area contributed by atoms with Gasteiger partial charge in [0.25, 0.3) is 0 Å². The van der Waals surface area contributed by atoms with Gasteiger partial charge in [-0.05, 0) is 29.8 Å². The summed E-state index contributed by atoms with van der Waals surface area (Å²) in [5.74, 6) is -0.0559. The van der Waals surface area contributed by atoms with Gasteiger partial charge in [0.1, 0.15) is 7.05 Å². The van der Waals surface area contributed by atoms with Gasteiger partial charge in [0.15, 0.2) is 6.20 Å². The van der Waals surface area contributed by atoms with Gasteiger partial charge >= 0.3 is 0 Å². The van der Waals surface area contributed by atoms with Crippen LogP contribution in [0.5, 0.6) is 0 Å². The van der Waals surface area contributed by atoms with Crippen LogP contribution in [0.15, 0.2) is 48.7 Å². The topological polar surface area (TPSA) is 33.0 Å². The summed E-state index contributed by atoms with van der Waals surface area (Å²) >= 11 is 0. The molecule has 1 aromatic carbocycles. The average Bonchev–Trinajstić information content (AvgIpc) is 2.39. The Hall–Kier alpha value is -1.69. The SMILES string of the molecule is CC(=O)Nc1ccc(C=Cc2cccc[n+]2C)cc1.I. The molecule has 0 aliphatic heterocycles. The number of nitrogens with one attached hydrogen (secondary N) is 1. The van der Waals surface area contributed by atoms with Gasteiger partial charge in [0.05, 0.1) is 0 Å². The molecule has 0 aliphatic carbocycles. The van der Waals surface area contributed by atoms with Crippen molar-refractivity contribution in [3.8, 4) is 0 Å². The Morgan fingerprint density at radius 1 is 1.10 bits per heavy atom. The van der Waals surface area contributed by atoms with Crippen molar-refractivity contribution < 1.29 is 9.36 Å². The zero-order valence-electron chi connectivity index (χ0n) is 11.5. The fraction of sp³-hybridized carbons (Fsp3) is 0.125. The molecule has 0 atom stereocenters. The van der Waals surface area contributed by atoms with Crippen LogP contribution < -0.4 is 9.88 Å². The third-order valence-electron chi connectivity index (χ3n) is 2.77. The molecule has 1 aromatic heterocycles. The van der Waals surface area contributed by atoms with Crippen molar-refractivity contribution >= 4 is 47.7 Å². The van der Waals surface area contributed by atoms with Crippen LogP contribution in [0.3, 0.4) is 0 Å². The summed E-state index contributed by atoms with van der Waals surface area (Å²) in [6, 6.07) is 13.8. The number of carbonyl (C=O) groups is 1. The highest BCUT2D eigenvalue weighted by Crippen LogP contribution is 2.11. The number of aromatic nitrogens is 1. The van der Waals surface area contributed by atoms with Gasteiger partial charge in [-0.2, -0.15) is 0 Å². The van der Waals surface area contributed by atoms with Gasteiger partial charge in [-0.15, -0.1) is 24.0 Å². The predicted octanol–water partition coefficient (Wildman–Crippen LogP) is 3.26. The first-order chi connectivity index (χ1) is 9.15. The Balaban J connectivity index is 0.00000200. The second-order valence-electron chi connectivity index (χ2n) is 4.37. The lowest BCUT2D eigenvalue weighted by Crippen LogP contribution is -2.30. The largest absolute Gasteiger partial charge is 0.326 e. The molecule has 0 radical (unpaired) electrons. The van der Waals surface area contributed by atoms with Crippen LogP contribution >= 0.6 is 24.0 Å². The number of nitrogens with zero attached hydrogens (tertiary/aromatic N) is 1. The lowest BCUT2D eigenvalue weighted by atomic mass is 10.1. The van der Waals surface area contributed by atoms with E-state index in [1.807, 2.05) is 55.7 Å². The summed E-state index contributed by atoms with van der Waals surface area (Å²) in [5, 5.41) is 2.75. The zero-order chi connectivity index (χ0) is 13.7. The van der Waals surface area contributed by atoms with Crippen LogP contribution in [-0.2, 0) is 11.8 Å². The van der Waals surface area contributed by atoms with E-state index >= 15 is 0 Å². The van der Waals surface area contributed by atoms with Crippen LogP contribution in [0, 0.1) is 0 Å². The van der Waals surface area contributed by atoms with E-state index in [9.17, 15) is 4.79 Å². The molecular weight excluding hydrogens is 363 g/mol. The standard InChI is InChI=1S/C16H16N2O.HI/c1-13(19)17-15-9-6-14(7-10-15)8-11-16-5-3-4-12-18(16)2;/h3-12H,1-2H3;1H/p+1. The molecule has 0 bridgehead atoms. The number of amides is 1. The molecular formula is C16H18IN2O+. The molecule has 3 nitrogen and oxygen atoms in total. The first-order valence-electron chi connectivity index (χ1n) is 6.15. The highest BCUT2D eigenvalue weighted by atomic mass is 127. The van der Waals surface area contributed by atoms with Crippen LogP contribution in [0.2, 0.25) is 0 Å². The molecule has 1 amide bonds. The second-order valence-corrected chi connectivity index (χ2v) is 4.37. The van der Waals surface area contributed by atoms with Crippen molar-refractivity contribution in [3.05, 3.63) is 59.9 Å². The zero-order valence-corrected chi connectivity index (χ0v) is 13.9. The normalized spacial score (nSPS) is 10.1. The van der Waals surface area contributed by atoms with Crippen molar-refractivity contribution in [3.63, 3.8) is 0 Å². The van der Waals surface area contributed by atoms with Crippen molar-refractivity contribution in [2.75, 3.05) is 5.32 Å². The van der Waals surface area contributed by atoms with Crippen LogP contribution in [-0.4, -0.2) is 5.91 Å². The minimum atomic E-state index is -0.0559. The van der Waals surface area contributed by atoms with Gasteiger partial charge in [-0.1, -0.05) is 12.1 Å². The third kappa shape index (κ3) is 4.77. The van der Waals surface area contributed by atoms with Gasteiger partial charge in [-0.25, -0.2) is 4.57 Å². The van der Waals surface area contributed by atoms with Gasteiger partial charge in [0.2, 0.25) is 11.6 Å². The van der Waals surface area contributed by atoms with E-state index < -0.39 is 0 Å².